The van der Waals surface area contributed by atoms with E-state index in [9.17, 15) is 0 Å². The maximum atomic E-state index is 4.55. The van der Waals surface area contributed by atoms with E-state index in [2.05, 4.69) is 36.3 Å². The maximum Gasteiger partial charge on any atom is 0.0624 e. The third-order valence-corrected chi connectivity index (χ3v) is 2.42. The summed E-state index contributed by atoms with van der Waals surface area (Å²) in [7, 11) is 0. The third-order valence-electron chi connectivity index (χ3n) is 2.42. The average Bonchev–Trinajstić information content (AvgIpc) is 2.61. The SMILES string of the molecule is C=CCCCn1nc(CC)cc1CC. The smallest absolute Gasteiger partial charge is 0.0624 e. The topological polar surface area (TPSA) is 17.8 Å². The van der Waals surface area contributed by atoms with Crippen molar-refractivity contribution in [1.29, 1.82) is 0 Å². The molecule has 0 amide bonds. The number of hydrogen-bond donors (Lipinski definition) is 0. The van der Waals surface area contributed by atoms with Crippen LogP contribution in [0.3, 0.4) is 0 Å². The van der Waals surface area contributed by atoms with Gasteiger partial charge in [-0.2, -0.15) is 5.10 Å². The van der Waals surface area contributed by atoms with Crippen LogP contribution in [0.5, 0.6) is 0 Å². The van der Waals surface area contributed by atoms with Crippen LogP contribution in [0.4, 0.5) is 0 Å². The van der Waals surface area contributed by atoms with Gasteiger partial charge in [0.15, 0.2) is 0 Å². The largest absolute Gasteiger partial charge is 0.269 e. The van der Waals surface area contributed by atoms with Gasteiger partial charge in [0.2, 0.25) is 0 Å². The Bertz CT molecular complexity index is 287. The van der Waals surface area contributed by atoms with Crippen LogP contribution in [-0.4, -0.2) is 9.78 Å². The molecule has 1 rings (SSSR count). The zero-order valence-electron chi connectivity index (χ0n) is 9.29. The van der Waals surface area contributed by atoms with Crippen LogP contribution in [0, 0.1) is 0 Å². The molecule has 0 spiro atoms. The van der Waals surface area contributed by atoms with Crippen LogP contribution in [-0.2, 0) is 19.4 Å². The molecule has 1 aromatic heterocycles. The summed E-state index contributed by atoms with van der Waals surface area (Å²) in [5.74, 6) is 0. The van der Waals surface area contributed by atoms with Gasteiger partial charge < -0.3 is 0 Å². The normalized spacial score (nSPS) is 10.4. The molecule has 0 aliphatic heterocycles. The summed E-state index contributed by atoms with van der Waals surface area (Å²) in [6.45, 7) is 9.08. The van der Waals surface area contributed by atoms with Crippen molar-refractivity contribution in [3.8, 4) is 0 Å². The maximum absolute atomic E-state index is 4.55. The molecule has 0 saturated heterocycles. The molecule has 0 unspecified atom stereocenters. The van der Waals surface area contributed by atoms with Gasteiger partial charge in [0, 0.05) is 12.2 Å². The molecule has 2 nitrogen and oxygen atoms in total. The second-order valence-corrected chi connectivity index (χ2v) is 3.49. The lowest BCUT2D eigenvalue weighted by Crippen LogP contribution is -2.04. The summed E-state index contributed by atoms with van der Waals surface area (Å²) >= 11 is 0. The fourth-order valence-electron chi connectivity index (χ4n) is 1.55. The minimum atomic E-state index is 1.02. The summed E-state index contributed by atoms with van der Waals surface area (Å²) in [5, 5.41) is 4.55. The minimum Gasteiger partial charge on any atom is -0.269 e. The first-order valence-corrected chi connectivity index (χ1v) is 5.48. The summed E-state index contributed by atoms with van der Waals surface area (Å²) in [4.78, 5) is 0. The number of nitrogens with zero attached hydrogens (tertiary/aromatic N) is 2. The van der Waals surface area contributed by atoms with Crippen LogP contribution in [0.2, 0.25) is 0 Å². The fourth-order valence-corrected chi connectivity index (χ4v) is 1.55. The summed E-state index contributed by atoms with van der Waals surface area (Å²) in [6, 6.07) is 2.22. The van der Waals surface area contributed by atoms with E-state index >= 15 is 0 Å². The van der Waals surface area contributed by atoms with Crippen molar-refractivity contribution >= 4 is 0 Å². The lowest BCUT2D eigenvalue weighted by molar-refractivity contribution is 0.556. The zero-order chi connectivity index (χ0) is 10.4. The van der Waals surface area contributed by atoms with Gasteiger partial charge in [0.1, 0.15) is 0 Å². The van der Waals surface area contributed by atoms with Gasteiger partial charge in [-0.3, -0.25) is 4.68 Å². The van der Waals surface area contributed by atoms with Crippen LogP contribution < -0.4 is 0 Å². The second kappa shape index (κ2) is 5.63. The Kier molecular flexibility index (Phi) is 4.44. The molecule has 0 radical (unpaired) electrons. The Hall–Kier alpha value is -1.05. The molecule has 0 saturated carbocycles. The van der Waals surface area contributed by atoms with Gasteiger partial charge in [-0.1, -0.05) is 19.9 Å². The monoisotopic (exact) mass is 192 g/mol. The number of hydrogen-bond acceptors (Lipinski definition) is 1. The molecule has 1 heterocycles. The van der Waals surface area contributed by atoms with Crippen molar-refractivity contribution in [2.75, 3.05) is 0 Å². The lowest BCUT2D eigenvalue weighted by atomic mass is 10.2. The lowest BCUT2D eigenvalue weighted by Gasteiger charge is -2.03. The molecular weight excluding hydrogens is 172 g/mol. The molecule has 0 bridgehead atoms. The van der Waals surface area contributed by atoms with Crippen molar-refractivity contribution in [3.05, 3.63) is 30.1 Å². The van der Waals surface area contributed by atoms with Crippen molar-refractivity contribution in [2.45, 2.75) is 46.1 Å². The molecule has 0 atom stereocenters. The third kappa shape index (κ3) is 2.72. The molecule has 0 fully saturated rings. The summed E-state index contributed by atoms with van der Waals surface area (Å²) in [6.07, 6.45) is 6.28. The van der Waals surface area contributed by atoms with E-state index in [1.54, 1.807) is 0 Å². The first-order valence-electron chi connectivity index (χ1n) is 5.48. The van der Waals surface area contributed by atoms with Crippen LogP contribution in [0.25, 0.3) is 0 Å². The highest BCUT2D eigenvalue weighted by Crippen LogP contribution is 2.07. The van der Waals surface area contributed by atoms with Gasteiger partial charge in [-0.15, -0.1) is 6.58 Å². The quantitative estimate of drug-likeness (QED) is 0.500. The van der Waals surface area contributed by atoms with E-state index in [1.807, 2.05) is 6.08 Å². The predicted molar refractivity (Wildman–Crippen MR) is 60.4 cm³/mol. The molecule has 1 aromatic rings. The molecule has 14 heavy (non-hydrogen) atoms. The van der Waals surface area contributed by atoms with E-state index < -0.39 is 0 Å². The number of unbranched alkanes of at least 4 members (excludes halogenated alkanes) is 1. The van der Waals surface area contributed by atoms with Crippen LogP contribution in [0.15, 0.2) is 18.7 Å². The van der Waals surface area contributed by atoms with Crippen molar-refractivity contribution in [3.63, 3.8) is 0 Å². The van der Waals surface area contributed by atoms with Gasteiger partial charge in [-0.25, -0.2) is 0 Å². The fraction of sp³-hybridized carbons (Fsp3) is 0.583. The van der Waals surface area contributed by atoms with Crippen molar-refractivity contribution < 1.29 is 0 Å². The number of aromatic nitrogens is 2. The van der Waals surface area contributed by atoms with E-state index in [0.717, 1.165) is 32.2 Å². The molecular formula is C12H20N2. The highest BCUT2D eigenvalue weighted by molar-refractivity contribution is 5.10. The molecule has 0 aliphatic carbocycles. The van der Waals surface area contributed by atoms with E-state index in [0.29, 0.717) is 0 Å². The Balaban J connectivity index is 2.63. The van der Waals surface area contributed by atoms with Crippen molar-refractivity contribution in [2.24, 2.45) is 0 Å². The van der Waals surface area contributed by atoms with Gasteiger partial charge in [0.25, 0.3) is 0 Å². The number of rotatable bonds is 6. The first kappa shape index (κ1) is 11.0. The van der Waals surface area contributed by atoms with Gasteiger partial charge in [0.05, 0.1) is 5.69 Å². The molecule has 0 N–H and O–H groups in total. The van der Waals surface area contributed by atoms with Gasteiger partial charge in [-0.05, 0) is 31.7 Å². The van der Waals surface area contributed by atoms with Crippen LogP contribution >= 0.6 is 0 Å². The highest BCUT2D eigenvalue weighted by Gasteiger charge is 2.03. The van der Waals surface area contributed by atoms with Crippen LogP contribution in [0.1, 0.15) is 38.1 Å². The molecule has 0 aliphatic rings. The number of aryl methyl sites for hydroxylation is 3. The predicted octanol–water partition coefficient (Wildman–Crippen LogP) is 2.97. The number of allylic oxidation sites excluding steroid dienone is 1. The van der Waals surface area contributed by atoms with E-state index in [4.69, 9.17) is 0 Å². The van der Waals surface area contributed by atoms with E-state index in [-0.39, 0.29) is 0 Å². The van der Waals surface area contributed by atoms with E-state index in [1.165, 1.54) is 11.4 Å². The highest BCUT2D eigenvalue weighted by atomic mass is 15.3. The Morgan fingerprint density at radius 1 is 1.43 bits per heavy atom. The summed E-state index contributed by atoms with van der Waals surface area (Å²) < 4.78 is 2.14. The minimum absolute atomic E-state index is 1.02. The first-order chi connectivity index (χ1) is 6.81. The molecule has 2 heteroatoms. The summed E-state index contributed by atoms with van der Waals surface area (Å²) in [5.41, 5.74) is 2.56. The Labute approximate surface area is 86.6 Å². The molecule has 0 aromatic carbocycles. The Morgan fingerprint density at radius 2 is 2.21 bits per heavy atom. The Morgan fingerprint density at radius 3 is 2.79 bits per heavy atom. The zero-order valence-corrected chi connectivity index (χ0v) is 9.29. The van der Waals surface area contributed by atoms with Crippen molar-refractivity contribution in [1.82, 2.24) is 9.78 Å². The van der Waals surface area contributed by atoms with Gasteiger partial charge >= 0.3 is 0 Å². The molecule has 78 valence electrons. The second-order valence-electron chi connectivity index (χ2n) is 3.49. The average molecular weight is 192 g/mol. The standard InChI is InChI=1S/C12H20N2/c1-4-7-8-9-14-12(6-3)10-11(5-2)13-14/h4,10H,1,5-9H2,2-3H3.